The first kappa shape index (κ1) is 20.4. The van der Waals surface area contributed by atoms with Crippen LogP contribution in [-0.4, -0.2) is 35.1 Å². The molecule has 0 saturated carbocycles. The number of amides is 2. The van der Waals surface area contributed by atoms with Crippen LogP contribution in [0.1, 0.15) is 5.69 Å². The van der Waals surface area contributed by atoms with Gasteiger partial charge in [-0.25, -0.2) is 4.98 Å². The lowest BCUT2D eigenvalue weighted by Crippen LogP contribution is -2.16. The van der Waals surface area contributed by atoms with Crippen molar-refractivity contribution in [2.75, 3.05) is 19.4 Å². The van der Waals surface area contributed by atoms with Crippen LogP contribution in [0, 0.1) is 0 Å². The van der Waals surface area contributed by atoms with E-state index in [2.05, 4.69) is 10.3 Å². The first-order valence-electron chi connectivity index (χ1n) is 8.41. The SMILES string of the molecule is CN(C)C(=O)Sc1ccc(NC(=O)Cc2csc(-c3ccccc3Cl)n2)cc1. The van der Waals surface area contributed by atoms with Crippen molar-refractivity contribution in [2.24, 2.45) is 0 Å². The Morgan fingerprint density at radius 3 is 2.54 bits per heavy atom. The fourth-order valence-electron chi connectivity index (χ4n) is 2.31. The molecule has 28 heavy (non-hydrogen) atoms. The van der Waals surface area contributed by atoms with Crippen LogP contribution in [0.15, 0.2) is 58.8 Å². The van der Waals surface area contributed by atoms with E-state index in [4.69, 9.17) is 11.6 Å². The minimum absolute atomic E-state index is 0.0466. The predicted octanol–water partition coefficient (Wildman–Crippen LogP) is 5.42. The summed E-state index contributed by atoms with van der Waals surface area (Å²) >= 11 is 8.80. The van der Waals surface area contributed by atoms with Gasteiger partial charge >= 0.3 is 0 Å². The molecular weight excluding hydrogens is 414 g/mol. The number of hydrogen-bond acceptors (Lipinski definition) is 5. The van der Waals surface area contributed by atoms with E-state index in [-0.39, 0.29) is 17.6 Å². The summed E-state index contributed by atoms with van der Waals surface area (Å²) in [5.74, 6) is -0.152. The van der Waals surface area contributed by atoms with Crippen molar-refractivity contribution in [1.29, 1.82) is 0 Å². The first-order chi connectivity index (χ1) is 13.4. The molecule has 0 aliphatic carbocycles. The molecule has 144 valence electrons. The van der Waals surface area contributed by atoms with E-state index in [1.165, 1.54) is 16.2 Å². The average molecular weight is 432 g/mol. The Morgan fingerprint density at radius 2 is 1.86 bits per heavy atom. The van der Waals surface area contributed by atoms with Crippen molar-refractivity contribution in [3.63, 3.8) is 0 Å². The highest BCUT2D eigenvalue weighted by atomic mass is 35.5. The zero-order valence-electron chi connectivity index (χ0n) is 15.3. The Hall–Kier alpha value is -2.35. The molecule has 0 atom stereocenters. The van der Waals surface area contributed by atoms with Crippen molar-refractivity contribution in [1.82, 2.24) is 9.88 Å². The van der Waals surface area contributed by atoms with E-state index in [9.17, 15) is 9.59 Å². The van der Waals surface area contributed by atoms with Gasteiger partial charge in [-0.3, -0.25) is 9.59 Å². The number of rotatable bonds is 5. The van der Waals surface area contributed by atoms with Gasteiger partial charge in [0.05, 0.1) is 17.1 Å². The lowest BCUT2D eigenvalue weighted by atomic mass is 10.2. The van der Waals surface area contributed by atoms with E-state index < -0.39 is 0 Å². The molecule has 0 unspecified atom stereocenters. The van der Waals surface area contributed by atoms with E-state index in [0.29, 0.717) is 16.4 Å². The zero-order chi connectivity index (χ0) is 20.1. The molecule has 0 aliphatic heterocycles. The van der Waals surface area contributed by atoms with Gasteiger partial charge in [-0.1, -0.05) is 29.8 Å². The number of benzene rings is 2. The van der Waals surface area contributed by atoms with E-state index in [1.54, 1.807) is 38.4 Å². The second kappa shape index (κ2) is 9.23. The highest BCUT2D eigenvalue weighted by Gasteiger charge is 2.12. The van der Waals surface area contributed by atoms with Gasteiger partial charge in [-0.15, -0.1) is 11.3 Å². The molecule has 2 aromatic carbocycles. The van der Waals surface area contributed by atoms with Gasteiger partial charge < -0.3 is 10.2 Å². The summed E-state index contributed by atoms with van der Waals surface area (Å²) in [6.45, 7) is 0. The van der Waals surface area contributed by atoms with Crippen LogP contribution in [-0.2, 0) is 11.2 Å². The molecule has 0 aliphatic rings. The first-order valence-corrected chi connectivity index (χ1v) is 10.5. The lowest BCUT2D eigenvalue weighted by molar-refractivity contribution is -0.115. The minimum Gasteiger partial charge on any atom is -0.339 e. The second-order valence-corrected chi connectivity index (χ2v) is 8.43. The summed E-state index contributed by atoms with van der Waals surface area (Å²) < 4.78 is 0. The third kappa shape index (κ3) is 5.34. The predicted molar refractivity (Wildman–Crippen MR) is 116 cm³/mol. The van der Waals surface area contributed by atoms with E-state index >= 15 is 0 Å². The molecule has 3 rings (SSSR count). The summed E-state index contributed by atoms with van der Waals surface area (Å²) in [4.78, 5) is 30.9. The molecule has 5 nitrogen and oxygen atoms in total. The molecular formula is C20H18ClN3O2S2. The highest BCUT2D eigenvalue weighted by Crippen LogP contribution is 2.30. The van der Waals surface area contributed by atoms with Crippen molar-refractivity contribution in [3.8, 4) is 10.6 Å². The number of thioether (sulfide) groups is 1. The normalized spacial score (nSPS) is 10.5. The maximum absolute atomic E-state index is 12.3. The molecule has 2 amide bonds. The molecule has 0 bridgehead atoms. The number of hydrogen-bond donors (Lipinski definition) is 1. The maximum Gasteiger partial charge on any atom is 0.285 e. The number of halogens is 1. The fraction of sp³-hybridized carbons (Fsp3) is 0.150. The van der Waals surface area contributed by atoms with Gasteiger partial charge in [0.1, 0.15) is 5.01 Å². The molecule has 8 heteroatoms. The van der Waals surface area contributed by atoms with Crippen molar-refractivity contribution in [3.05, 3.63) is 64.6 Å². The Bertz CT molecular complexity index is 987. The van der Waals surface area contributed by atoms with E-state index in [0.717, 1.165) is 27.2 Å². The molecule has 1 heterocycles. The van der Waals surface area contributed by atoms with Crippen LogP contribution < -0.4 is 5.32 Å². The molecule has 1 N–H and O–H groups in total. The number of carbonyl (C=O) groups is 2. The number of nitrogens with one attached hydrogen (secondary N) is 1. The Labute approximate surface area is 176 Å². The second-order valence-electron chi connectivity index (χ2n) is 6.14. The number of nitrogens with zero attached hydrogens (tertiary/aromatic N) is 2. The van der Waals surface area contributed by atoms with Gasteiger partial charge in [0.2, 0.25) is 5.91 Å². The smallest absolute Gasteiger partial charge is 0.285 e. The number of anilines is 1. The van der Waals surface area contributed by atoms with Gasteiger partial charge in [-0.05, 0) is 42.1 Å². The van der Waals surface area contributed by atoms with E-state index in [1.807, 2.05) is 29.6 Å². The van der Waals surface area contributed by atoms with Gasteiger partial charge in [0, 0.05) is 35.6 Å². The summed E-state index contributed by atoms with van der Waals surface area (Å²) in [5.41, 5.74) is 2.23. The summed E-state index contributed by atoms with van der Waals surface area (Å²) in [6, 6.07) is 14.7. The number of thiazole rings is 1. The van der Waals surface area contributed by atoms with Crippen molar-refractivity contribution in [2.45, 2.75) is 11.3 Å². The molecule has 0 spiro atoms. The molecule has 0 radical (unpaired) electrons. The Morgan fingerprint density at radius 1 is 1.14 bits per heavy atom. The molecule has 0 saturated heterocycles. The number of carbonyl (C=O) groups excluding carboxylic acids is 2. The minimum atomic E-state index is -0.152. The fourth-order valence-corrected chi connectivity index (χ4v) is 4.11. The van der Waals surface area contributed by atoms with Gasteiger partial charge in [0.25, 0.3) is 5.24 Å². The summed E-state index contributed by atoms with van der Waals surface area (Å²) in [7, 11) is 3.42. The molecule has 1 aromatic heterocycles. The third-order valence-electron chi connectivity index (χ3n) is 3.71. The van der Waals surface area contributed by atoms with Gasteiger partial charge in [-0.2, -0.15) is 0 Å². The Kier molecular flexibility index (Phi) is 6.72. The van der Waals surface area contributed by atoms with Crippen LogP contribution in [0.3, 0.4) is 0 Å². The maximum atomic E-state index is 12.3. The van der Waals surface area contributed by atoms with Crippen molar-refractivity contribution >= 4 is 51.5 Å². The zero-order valence-corrected chi connectivity index (χ0v) is 17.7. The van der Waals surface area contributed by atoms with Crippen LogP contribution in [0.4, 0.5) is 10.5 Å². The summed E-state index contributed by atoms with van der Waals surface area (Å²) in [5, 5.41) is 6.10. The quantitative estimate of drug-likeness (QED) is 0.548. The van der Waals surface area contributed by atoms with Crippen LogP contribution >= 0.6 is 34.7 Å². The average Bonchev–Trinajstić information content (AvgIpc) is 3.11. The summed E-state index contributed by atoms with van der Waals surface area (Å²) in [6.07, 6.45) is 0.177. The standard InChI is InChI=1S/C20H18ClN3O2S2/c1-24(2)20(26)28-15-9-7-13(8-10-15)22-18(25)11-14-12-27-19(23-14)16-5-3-4-6-17(16)21/h3-10,12H,11H2,1-2H3,(H,22,25). The number of aromatic nitrogens is 1. The highest BCUT2D eigenvalue weighted by molar-refractivity contribution is 8.13. The monoisotopic (exact) mass is 431 g/mol. The van der Waals surface area contributed by atoms with Crippen LogP contribution in [0.2, 0.25) is 5.02 Å². The molecule has 0 fully saturated rings. The largest absolute Gasteiger partial charge is 0.339 e. The third-order valence-corrected chi connectivity index (χ3v) is 6.01. The lowest BCUT2D eigenvalue weighted by Gasteiger charge is -2.09. The van der Waals surface area contributed by atoms with Crippen LogP contribution in [0.25, 0.3) is 10.6 Å². The van der Waals surface area contributed by atoms with Crippen molar-refractivity contribution < 1.29 is 9.59 Å². The Balaban J connectivity index is 1.59. The molecule has 3 aromatic rings. The van der Waals surface area contributed by atoms with Crippen LogP contribution in [0.5, 0.6) is 0 Å². The topological polar surface area (TPSA) is 62.3 Å². The van der Waals surface area contributed by atoms with Gasteiger partial charge in [0.15, 0.2) is 0 Å².